The fourth-order valence-corrected chi connectivity index (χ4v) is 4.05. The number of aliphatic hydroxyl groups excluding tert-OH is 8. The molecule has 2 saturated heterocycles. The Kier molecular flexibility index (Phi) is 6.69. The highest BCUT2D eigenvalue weighted by atomic mass is 31.2. The smallest absolute Gasteiger partial charge is 0.387 e. The predicted octanol–water partition coefficient (Wildman–Crippen LogP) is -5.89. The van der Waals surface area contributed by atoms with E-state index in [9.17, 15) is 50.1 Å². The molecule has 14 nitrogen and oxygen atoms in total. The van der Waals surface area contributed by atoms with Crippen LogP contribution in [0, 0.1) is 0 Å². The van der Waals surface area contributed by atoms with Crippen LogP contribution in [0.3, 0.4) is 0 Å². The molecule has 2 heterocycles. The topological polar surface area (TPSA) is 247 Å². The highest BCUT2D eigenvalue weighted by Crippen LogP contribution is 2.59. The van der Waals surface area contributed by atoms with Crippen molar-refractivity contribution in [2.75, 3.05) is 19.8 Å². The monoisotopic (exact) mass is 422 g/mol. The normalized spacial score (nSPS) is 48.7. The third kappa shape index (κ3) is 3.56. The summed E-state index contributed by atoms with van der Waals surface area (Å²) in [5, 5.41) is 77.8. The van der Waals surface area contributed by atoms with Gasteiger partial charge in [-0.05, 0) is 0 Å². The molecule has 0 aliphatic carbocycles. The molecule has 0 amide bonds. The SMILES string of the molecule is O=P(O)(O)[C@@]1(OC2(CO)O[C@H](CO)[C@@H](O)[C@@H]2O)O[C@H](CO)[C@@H](O)[C@H](O)[C@H]1O. The minimum atomic E-state index is -5.75. The zero-order valence-electron chi connectivity index (χ0n) is 13.7. The molecule has 0 spiro atoms. The first-order chi connectivity index (χ1) is 12.4. The molecular weight excluding hydrogens is 399 g/mol. The first kappa shape index (κ1) is 23.0. The van der Waals surface area contributed by atoms with Crippen molar-refractivity contribution in [2.45, 2.75) is 54.0 Å². The van der Waals surface area contributed by atoms with Crippen molar-refractivity contribution in [3.05, 3.63) is 0 Å². The molecular formula is C12H23O14P. The van der Waals surface area contributed by atoms with E-state index in [1.165, 1.54) is 0 Å². The molecule has 2 aliphatic rings. The van der Waals surface area contributed by atoms with Crippen LogP contribution in [-0.4, -0.2) is 125 Å². The predicted molar refractivity (Wildman–Crippen MR) is 79.6 cm³/mol. The lowest BCUT2D eigenvalue weighted by Crippen LogP contribution is -2.69. The molecule has 2 aliphatic heterocycles. The zero-order valence-corrected chi connectivity index (χ0v) is 14.6. The summed E-state index contributed by atoms with van der Waals surface area (Å²) < 4.78 is 27.0. The van der Waals surface area contributed by atoms with E-state index >= 15 is 0 Å². The fraction of sp³-hybridized carbons (Fsp3) is 1.00. The molecule has 0 aromatic rings. The van der Waals surface area contributed by atoms with Crippen LogP contribution in [0.4, 0.5) is 0 Å². The second-order valence-corrected chi connectivity index (χ2v) is 8.00. The van der Waals surface area contributed by atoms with Crippen molar-refractivity contribution >= 4 is 7.60 Å². The summed E-state index contributed by atoms with van der Waals surface area (Å²) in [5.41, 5.74) is -3.51. The fourth-order valence-electron chi connectivity index (χ4n) is 3.01. The summed E-state index contributed by atoms with van der Waals surface area (Å²) in [6.07, 6.45) is -14.3. The second-order valence-electron chi connectivity index (χ2n) is 6.29. The van der Waals surface area contributed by atoms with Crippen molar-refractivity contribution in [1.82, 2.24) is 0 Å². The molecule has 0 aromatic carbocycles. The van der Waals surface area contributed by atoms with Crippen molar-refractivity contribution < 1.29 is 69.4 Å². The van der Waals surface area contributed by atoms with E-state index in [1.807, 2.05) is 0 Å². The first-order valence-corrected chi connectivity index (χ1v) is 9.36. The van der Waals surface area contributed by atoms with Crippen LogP contribution in [-0.2, 0) is 18.8 Å². The number of aliphatic hydroxyl groups is 8. The van der Waals surface area contributed by atoms with E-state index in [4.69, 9.17) is 19.3 Å². The van der Waals surface area contributed by atoms with Gasteiger partial charge in [-0.3, -0.25) is 9.30 Å². The van der Waals surface area contributed by atoms with Crippen LogP contribution in [0.5, 0.6) is 0 Å². The molecule has 2 rings (SSSR count). The van der Waals surface area contributed by atoms with Crippen LogP contribution in [0.25, 0.3) is 0 Å². The molecule has 1 unspecified atom stereocenters. The Bertz CT molecular complexity index is 568. The van der Waals surface area contributed by atoms with Gasteiger partial charge in [0.15, 0.2) is 0 Å². The van der Waals surface area contributed by atoms with Gasteiger partial charge < -0.3 is 60.1 Å². The van der Waals surface area contributed by atoms with Crippen molar-refractivity contribution in [2.24, 2.45) is 0 Å². The van der Waals surface area contributed by atoms with Crippen molar-refractivity contribution in [1.29, 1.82) is 0 Å². The highest BCUT2D eigenvalue weighted by molar-refractivity contribution is 7.53. The number of ether oxygens (including phenoxy) is 3. The van der Waals surface area contributed by atoms with Gasteiger partial charge in [-0.15, -0.1) is 0 Å². The van der Waals surface area contributed by atoms with Gasteiger partial charge in [-0.1, -0.05) is 0 Å². The Balaban J connectivity index is 2.53. The largest absolute Gasteiger partial charge is 0.394 e. The molecule has 0 bridgehead atoms. The van der Waals surface area contributed by atoms with Crippen LogP contribution in [0.2, 0.25) is 0 Å². The van der Waals surface area contributed by atoms with Gasteiger partial charge in [0, 0.05) is 0 Å². The minimum Gasteiger partial charge on any atom is -0.394 e. The van der Waals surface area contributed by atoms with Crippen molar-refractivity contribution in [3.8, 4) is 0 Å². The molecule has 15 heteroatoms. The van der Waals surface area contributed by atoms with E-state index in [0.717, 1.165) is 0 Å². The Hall–Kier alpha value is -0.290. The third-order valence-electron chi connectivity index (χ3n) is 4.56. The lowest BCUT2D eigenvalue weighted by atomic mass is 9.98. The molecule has 0 aromatic heterocycles. The van der Waals surface area contributed by atoms with Gasteiger partial charge >= 0.3 is 13.1 Å². The lowest BCUT2D eigenvalue weighted by molar-refractivity contribution is -0.406. The average Bonchev–Trinajstić information content (AvgIpc) is 2.86. The lowest BCUT2D eigenvalue weighted by Gasteiger charge is -2.50. The Morgan fingerprint density at radius 1 is 0.815 bits per heavy atom. The Morgan fingerprint density at radius 2 is 1.33 bits per heavy atom. The van der Waals surface area contributed by atoms with Crippen LogP contribution >= 0.6 is 7.60 Å². The maximum Gasteiger partial charge on any atom is 0.387 e. The summed E-state index contributed by atoms with van der Waals surface area (Å²) in [4.78, 5) is 19.4. The number of hydrogen-bond acceptors (Lipinski definition) is 12. The van der Waals surface area contributed by atoms with Crippen LogP contribution < -0.4 is 0 Å². The standard InChI is InChI=1S/C12H23O14P/c13-1-4-6(16)8(18)10(20)12(25-4,27(21,22)23)26-11(3-15)9(19)7(17)5(2-14)24-11/h4-10,13-20H,1-3H2,(H2,21,22,23)/t4-,5-,6-,7-,8+,9+,10-,11?,12-/m1/s1. The summed E-state index contributed by atoms with van der Waals surface area (Å²) in [6, 6.07) is 0. The molecule has 0 radical (unpaired) electrons. The Labute approximate surface area is 151 Å². The van der Waals surface area contributed by atoms with E-state index in [2.05, 4.69) is 0 Å². The average molecular weight is 422 g/mol. The summed E-state index contributed by atoms with van der Waals surface area (Å²) in [7, 11) is -5.75. The zero-order chi connectivity index (χ0) is 20.8. The third-order valence-corrected chi connectivity index (χ3v) is 5.83. The van der Waals surface area contributed by atoms with Gasteiger partial charge in [0.25, 0.3) is 0 Å². The highest BCUT2D eigenvalue weighted by Gasteiger charge is 2.70. The number of rotatable bonds is 6. The molecule has 160 valence electrons. The van der Waals surface area contributed by atoms with Crippen LogP contribution in [0.1, 0.15) is 0 Å². The molecule has 10 N–H and O–H groups in total. The van der Waals surface area contributed by atoms with E-state index in [1.54, 1.807) is 0 Å². The van der Waals surface area contributed by atoms with Gasteiger partial charge in [0.2, 0.25) is 5.79 Å². The van der Waals surface area contributed by atoms with E-state index in [0.29, 0.717) is 0 Å². The summed E-state index contributed by atoms with van der Waals surface area (Å²) >= 11 is 0. The summed E-state index contributed by atoms with van der Waals surface area (Å²) in [6.45, 7) is -3.27. The van der Waals surface area contributed by atoms with E-state index in [-0.39, 0.29) is 0 Å². The van der Waals surface area contributed by atoms with E-state index < -0.39 is 81.5 Å². The quantitative estimate of drug-likeness (QED) is 0.179. The van der Waals surface area contributed by atoms with Gasteiger partial charge in [-0.2, -0.15) is 0 Å². The maximum atomic E-state index is 12.1. The van der Waals surface area contributed by atoms with Gasteiger partial charge in [0.05, 0.1) is 13.2 Å². The molecule has 27 heavy (non-hydrogen) atoms. The molecule has 2 fully saturated rings. The second kappa shape index (κ2) is 7.85. The molecule has 9 atom stereocenters. The van der Waals surface area contributed by atoms with Crippen LogP contribution in [0.15, 0.2) is 0 Å². The first-order valence-electron chi connectivity index (χ1n) is 7.75. The van der Waals surface area contributed by atoms with Crippen molar-refractivity contribution in [3.63, 3.8) is 0 Å². The minimum absolute atomic E-state index is 0.879. The summed E-state index contributed by atoms with van der Waals surface area (Å²) in [5.74, 6) is -2.79. The molecule has 0 saturated carbocycles. The Morgan fingerprint density at radius 3 is 1.74 bits per heavy atom. The van der Waals surface area contributed by atoms with Gasteiger partial charge in [0.1, 0.15) is 49.3 Å². The van der Waals surface area contributed by atoms with Gasteiger partial charge in [-0.25, -0.2) is 0 Å². The number of hydrogen-bond donors (Lipinski definition) is 10. The maximum absolute atomic E-state index is 12.1.